The third-order valence-corrected chi connectivity index (χ3v) is 3.98. The van der Waals surface area contributed by atoms with E-state index >= 15 is 0 Å². The van der Waals surface area contributed by atoms with E-state index in [4.69, 9.17) is 27.9 Å². The minimum Gasteiger partial charge on any atom is -0.444 e. The number of hydrogen-bond donors (Lipinski definition) is 2. The molecule has 1 aromatic rings. The van der Waals surface area contributed by atoms with Crippen molar-refractivity contribution in [2.75, 3.05) is 5.32 Å². The van der Waals surface area contributed by atoms with Gasteiger partial charge in [-0.3, -0.25) is 10.1 Å². The van der Waals surface area contributed by atoms with Crippen LogP contribution < -0.4 is 5.32 Å². The van der Waals surface area contributed by atoms with Gasteiger partial charge in [-0.1, -0.05) is 35.3 Å². The predicted octanol–water partition coefficient (Wildman–Crippen LogP) is 3.38. The van der Waals surface area contributed by atoms with Crippen molar-refractivity contribution in [1.82, 2.24) is 4.90 Å². The van der Waals surface area contributed by atoms with Crippen LogP contribution in [0.1, 0.15) is 26.3 Å². The van der Waals surface area contributed by atoms with E-state index in [0.29, 0.717) is 5.69 Å². The highest BCUT2D eigenvalue weighted by Gasteiger charge is 2.36. The molecule has 130 valence electrons. The van der Waals surface area contributed by atoms with E-state index in [1.807, 2.05) is 0 Å². The van der Waals surface area contributed by atoms with Gasteiger partial charge in [0.25, 0.3) is 5.91 Å². The van der Waals surface area contributed by atoms with Crippen molar-refractivity contribution in [2.45, 2.75) is 39.1 Å². The number of benzene rings is 1. The van der Waals surface area contributed by atoms with Crippen molar-refractivity contribution in [1.29, 1.82) is 0 Å². The average molecular weight is 373 g/mol. The molecule has 0 saturated carbocycles. The maximum absolute atomic E-state index is 11.9. The van der Waals surface area contributed by atoms with E-state index in [1.165, 1.54) is 0 Å². The first-order valence-corrected chi connectivity index (χ1v) is 7.97. The molecule has 2 rings (SSSR count). The number of carbonyl (C=O) groups excluding carboxylic acids is 2. The second kappa shape index (κ2) is 7.01. The molecule has 0 bridgehead atoms. The summed E-state index contributed by atoms with van der Waals surface area (Å²) < 4.78 is 5.16. The molecule has 0 aromatic heterocycles. The van der Waals surface area contributed by atoms with Crippen molar-refractivity contribution in [2.24, 2.45) is 0 Å². The fourth-order valence-corrected chi connectivity index (χ4v) is 2.46. The van der Waals surface area contributed by atoms with Gasteiger partial charge in [-0.05, 0) is 38.5 Å². The van der Waals surface area contributed by atoms with E-state index in [2.05, 4.69) is 5.32 Å². The summed E-state index contributed by atoms with van der Waals surface area (Å²) in [7, 11) is 0. The van der Waals surface area contributed by atoms with Gasteiger partial charge in [0.05, 0.1) is 5.03 Å². The molecule has 0 aliphatic carbocycles. The number of anilines is 1. The maximum atomic E-state index is 11.9. The first-order chi connectivity index (χ1) is 11.1. The van der Waals surface area contributed by atoms with Crippen molar-refractivity contribution >= 4 is 40.9 Å². The van der Waals surface area contributed by atoms with Crippen LogP contribution in [0.3, 0.4) is 0 Å². The lowest BCUT2D eigenvalue weighted by molar-refractivity contribution is -0.132. The Morgan fingerprint density at radius 2 is 1.88 bits per heavy atom. The molecule has 0 spiro atoms. The number of halogens is 2. The zero-order chi connectivity index (χ0) is 18.1. The molecular weight excluding hydrogens is 355 g/mol. The van der Waals surface area contributed by atoms with Crippen LogP contribution in [0.15, 0.2) is 34.3 Å². The number of rotatable bonds is 3. The minimum absolute atomic E-state index is 0.0788. The van der Waals surface area contributed by atoms with Crippen LogP contribution in [0.2, 0.25) is 0 Å². The lowest BCUT2D eigenvalue weighted by Gasteiger charge is -2.21. The second-order valence-corrected chi connectivity index (χ2v) is 7.08. The smallest absolute Gasteiger partial charge is 0.412 e. The lowest BCUT2D eigenvalue weighted by atomic mass is 10.2. The summed E-state index contributed by atoms with van der Waals surface area (Å²) in [6.07, 6.45) is -1.80. The third-order valence-electron chi connectivity index (χ3n) is 3.13. The van der Waals surface area contributed by atoms with Crippen LogP contribution in [0, 0.1) is 0 Å². The van der Waals surface area contributed by atoms with Crippen LogP contribution in [0.5, 0.6) is 0 Å². The van der Waals surface area contributed by atoms with Gasteiger partial charge in [-0.2, -0.15) is 0 Å². The molecule has 6 nitrogen and oxygen atoms in total. The Labute approximate surface area is 150 Å². The van der Waals surface area contributed by atoms with Gasteiger partial charge in [0.1, 0.15) is 10.6 Å². The molecule has 1 atom stereocenters. The number of aliphatic hydroxyl groups is 1. The standard InChI is InChI=1S/C16H18Cl2N2O4/c1-16(2,3)24-15(23)19-10-6-4-9(5-7-10)8-20-13(21)11(17)12(18)14(20)22/h4-7,13,21H,8H2,1-3H3,(H,19,23). The molecule has 1 unspecified atom stereocenters. The fourth-order valence-electron chi connectivity index (χ4n) is 2.06. The molecular formula is C16H18Cl2N2O4. The Balaban J connectivity index is 1.98. The second-order valence-electron chi connectivity index (χ2n) is 6.29. The molecule has 1 aromatic carbocycles. The lowest BCUT2D eigenvalue weighted by Crippen LogP contribution is -2.34. The summed E-state index contributed by atoms with van der Waals surface area (Å²) >= 11 is 11.5. The van der Waals surface area contributed by atoms with Gasteiger partial charge in [0, 0.05) is 12.2 Å². The van der Waals surface area contributed by atoms with Crippen LogP contribution in [-0.2, 0) is 16.1 Å². The summed E-state index contributed by atoms with van der Waals surface area (Å²) in [6.45, 7) is 5.47. The van der Waals surface area contributed by atoms with Crippen LogP contribution in [0.25, 0.3) is 0 Å². The van der Waals surface area contributed by atoms with Gasteiger partial charge >= 0.3 is 6.09 Å². The molecule has 0 saturated heterocycles. The SMILES string of the molecule is CC(C)(C)OC(=O)Nc1ccc(CN2C(=O)C(Cl)=C(Cl)C2O)cc1. The third kappa shape index (κ3) is 4.41. The summed E-state index contributed by atoms with van der Waals surface area (Å²) in [5, 5.41) is 12.3. The molecule has 1 heterocycles. The monoisotopic (exact) mass is 372 g/mol. The Morgan fingerprint density at radius 3 is 2.33 bits per heavy atom. The van der Waals surface area contributed by atoms with Crippen molar-refractivity contribution in [3.63, 3.8) is 0 Å². The summed E-state index contributed by atoms with van der Waals surface area (Å²) in [4.78, 5) is 24.7. The number of ether oxygens (including phenoxy) is 1. The molecule has 0 radical (unpaired) electrons. The highest BCUT2D eigenvalue weighted by Crippen LogP contribution is 2.31. The van der Waals surface area contributed by atoms with Gasteiger partial charge in [0.2, 0.25) is 0 Å². The molecule has 0 fully saturated rings. The summed E-state index contributed by atoms with van der Waals surface area (Å²) in [5.41, 5.74) is 0.713. The van der Waals surface area contributed by atoms with Gasteiger partial charge in [0.15, 0.2) is 6.23 Å². The normalized spacial score (nSPS) is 18.2. The number of nitrogens with zero attached hydrogens (tertiary/aromatic N) is 1. The number of aliphatic hydroxyl groups excluding tert-OH is 1. The number of amides is 2. The number of carbonyl (C=O) groups is 2. The minimum atomic E-state index is -1.24. The first kappa shape index (κ1) is 18.6. The highest BCUT2D eigenvalue weighted by atomic mass is 35.5. The van der Waals surface area contributed by atoms with Crippen molar-refractivity contribution in [3.05, 3.63) is 39.9 Å². The molecule has 24 heavy (non-hydrogen) atoms. The van der Waals surface area contributed by atoms with E-state index in [9.17, 15) is 14.7 Å². The largest absolute Gasteiger partial charge is 0.444 e. The van der Waals surface area contributed by atoms with Gasteiger partial charge in [-0.15, -0.1) is 0 Å². The summed E-state index contributed by atoms with van der Waals surface area (Å²) in [6, 6.07) is 6.77. The molecule has 1 aliphatic heterocycles. The van der Waals surface area contributed by atoms with Crippen molar-refractivity contribution < 1.29 is 19.4 Å². The van der Waals surface area contributed by atoms with Crippen molar-refractivity contribution in [3.8, 4) is 0 Å². The zero-order valence-electron chi connectivity index (χ0n) is 13.5. The van der Waals surface area contributed by atoms with Crippen LogP contribution in [0.4, 0.5) is 10.5 Å². The van der Waals surface area contributed by atoms with E-state index in [1.54, 1.807) is 45.0 Å². The molecule has 2 N–H and O–H groups in total. The Kier molecular flexibility index (Phi) is 5.42. The molecule has 8 heteroatoms. The van der Waals surface area contributed by atoms with Crippen LogP contribution >= 0.6 is 23.2 Å². The van der Waals surface area contributed by atoms with Gasteiger partial charge in [-0.25, -0.2) is 4.79 Å². The average Bonchev–Trinajstić information content (AvgIpc) is 2.65. The molecule has 1 aliphatic rings. The predicted molar refractivity (Wildman–Crippen MR) is 91.6 cm³/mol. The number of hydrogen-bond acceptors (Lipinski definition) is 4. The van der Waals surface area contributed by atoms with Crippen LogP contribution in [-0.4, -0.2) is 33.8 Å². The Hall–Kier alpha value is -1.76. The van der Waals surface area contributed by atoms with E-state index < -0.39 is 23.8 Å². The van der Waals surface area contributed by atoms with Gasteiger partial charge < -0.3 is 14.7 Å². The first-order valence-electron chi connectivity index (χ1n) is 7.21. The van der Waals surface area contributed by atoms with E-state index in [-0.39, 0.29) is 16.6 Å². The summed E-state index contributed by atoms with van der Waals surface area (Å²) in [5.74, 6) is -0.523. The topological polar surface area (TPSA) is 78.9 Å². The molecule has 2 amide bonds. The fraction of sp³-hybridized carbons (Fsp3) is 0.375. The number of nitrogens with one attached hydrogen (secondary N) is 1. The Bertz CT molecular complexity index is 680. The highest BCUT2D eigenvalue weighted by molar-refractivity contribution is 6.49. The zero-order valence-corrected chi connectivity index (χ0v) is 15.0. The maximum Gasteiger partial charge on any atom is 0.412 e. The van der Waals surface area contributed by atoms with E-state index in [0.717, 1.165) is 10.5 Å². The quantitative estimate of drug-likeness (QED) is 0.852. The Morgan fingerprint density at radius 1 is 1.29 bits per heavy atom.